The summed E-state index contributed by atoms with van der Waals surface area (Å²) in [7, 11) is 0. The number of fused-ring (bicyclic) bond motifs is 1. The van der Waals surface area contributed by atoms with Gasteiger partial charge < -0.3 is 29.2 Å². The number of aliphatic imine (C=N–C) groups is 1. The Bertz CT molecular complexity index is 713. The molecular weight excluding hydrogens is 394 g/mol. The van der Waals surface area contributed by atoms with Gasteiger partial charge in [0.25, 0.3) is 0 Å². The summed E-state index contributed by atoms with van der Waals surface area (Å²) >= 11 is 0. The van der Waals surface area contributed by atoms with Gasteiger partial charge in [-0.2, -0.15) is 0 Å². The van der Waals surface area contributed by atoms with Crippen molar-refractivity contribution in [2.75, 3.05) is 46.1 Å². The first-order chi connectivity index (χ1) is 15.3. The highest BCUT2D eigenvalue weighted by Crippen LogP contribution is 2.33. The van der Waals surface area contributed by atoms with Crippen molar-refractivity contribution in [2.24, 2.45) is 4.99 Å². The molecule has 3 heterocycles. The molecule has 1 unspecified atom stereocenters. The second-order valence-corrected chi connectivity index (χ2v) is 8.47. The maximum atomic E-state index is 6.17. The largest absolute Gasteiger partial charge is 0.490 e. The van der Waals surface area contributed by atoms with Crippen LogP contribution in [0.2, 0.25) is 0 Å². The molecule has 1 atom stereocenters. The number of rotatable bonds is 6. The quantitative estimate of drug-likeness (QED) is 0.550. The number of nitrogens with zero attached hydrogens (tertiary/aromatic N) is 2. The first-order valence-corrected chi connectivity index (χ1v) is 12.0. The van der Waals surface area contributed by atoms with Crippen molar-refractivity contribution in [3.8, 4) is 11.5 Å². The van der Waals surface area contributed by atoms with E-state index in [0.29, 0.717) is 25.9 Å². The minimum atomic E-state index is 0.290. The summed E-state index contributed by atoms with van der Waals surface area (Å²) in [6.07, 6.45) is 7.14. The van der Waals surface area contributed by atoms with Crippen LogP contribution in [0.25, 0.3) is 0 Å². The molecule has 1 aromatic rings. The average Bonchev–Trinajstić information content (AvgIpc) is 3.08. The van der Waals surface area contributed by atoms with Gasteiger partial charge in [-0.1, -0.05) is 12.1 Å². The van der Waals surface area contributed by atoms with Crippen LogP contribution in [-0.2, 0) is 16.0 Å². The molecular formula is C24H37N3O4. The molecule has 0 bridgehead atoms. The molecule has 0 amide bonds. The van der Waals surface area contributed by atoms with E-state index in [1.165, 1.54) is 12.8 Å². The van der Waals surface area contributed by atoms with Crippen molar-refractivity contribution in [3.63, 3.8) is 0 Å². The summed E-state index contributed by atoms with van der Waals surface area (Å²) in [6.45, 7) is 8.45. The maximum absolute atomic E-state index is 6.17. The van der Waals surface area contributed by atoms with E-state index in [1.807, 2.05) is 12.1 Å². The summed E-state index contributed by atoms with van der Waals surface area (Å²) in [5.74, 6) is 2.63. The van der Waals surface area contributed by atoms with E-state index in [1.54, 1.807) is 0 Å². The molecule has 0 aromatic heterocycles. The Morgan fingerprint density at radius 3 is 2.77 bits per heavy atom. The summed E-state index contributed by atoms with van der Waals surface area (Å²) < 4.78 is 23.7. The molecule has 2 fully saturated rings. The molecule has 0 saturated carbocycles. The van der Waals surface area contributed by atoms with E-state index in [4.69, 9.17) is 23.9 Å². The predicted molar refractivity (Wildman–Crippen MR) is 121 cm³/mol. The summed E-state index contributed by atoms with van der Waals surface area (Å²) in [5.41, 5.74) is 1.07. The Balaban J connectivity index is 1.31. The van der Waals surface area contributed by atoms with Gasteiger partial charge in [0.05, 0.1) is 38.6 Å². The van der Waals surface area contributed by atoms with Gasteiger partial charge in [0.15, 0.2) is 17.5 Å². The van der Waals surface area contributed by atoms with E-state index in [-0.39, 0.29) is 6.10 Å². The fourth-order valence-corrected chi connectivity index (χ4v) is 4.38. The van der Waals surface area contributed by atoms with Crippen molar-refractivity contribution in [3.05, 3.63) is 23.8 Å². The van der Waals surface area contributed by atoms with Crippen LogP contribution in [0.5, 0.6) is 11.5 Å². The van der Waals surface area contributed by atoms with Crippen LogP contribution in [0.1, 0.15) is 51.0 Å². The van der Waals surface area contributed by atoms with Gasteiger partial charge in [-0.05, 0) is 45.1 Å². The summed E-state index contributed by atoms with van der Waals surface area (Å²) in [5, 5.41) is 3.46. The van der Waals surface area contributed by atoms with Crippen molar-refractivity contribution in [2.45, 2.75) is 64.2 Å². The van der Waals surface area contributed by atoms with Crippen molar-refractivity contribution >= 4 is 5.96 Å². The second kappa shape index (κ2) is 11.6. The smallest absolute Gasteiger partial charge is 0.194 e. The molecule has 31 heavy (non-hydrogen) atoms. The van der Waals surface area contributed by atoms with E-state index >= 15 is 0 Å². The minimum Gasteiger partial charge on any atom is -0.490 e. The fourth-order valence-electron chi connectivity index (χ4n) is 4.38. The molecule has 3 aliphatic rings. The van der Waals surface area contributed by atoms with Crippen LogP contribution in [0.4, 0.5) is 0 Å². The van der Waals surface area contributed by atoms with Crippen molar-refractivity contribution in [1.82, 2.24) is 10.2 Å². The number of hydrogen-bond acceptors (Lipinski definition) is 5. The predicted octanol–water partition coefficient (Wildman–Crippen LogP) is 3.36. The molecule has 0 aliphatic carbocycles. The Hall–Kier alpha value is -1.99. The molecule has 0 spiro atoms. The molecule has 4 rings (SSSR count). The highest BCUT2D eigenvalue weighted by Gasteiger charge is 2.24. The number of para-hydroxylation sites is 1. The highest BCUT2D eigenvalue weighted by molar-refractivity contribution is 5.80. The number of ether oxygens (including phenoxy) is 4. The monoisotopic (exact) mass is 431 g/mol. The number of hydrogen-bond donors (Lipinski definition) is 1. The molecule has 1 aromatic carbocycles. The van der Waals surface area contributed by atoms with Crippen molar-refractivity contribution in [1.29, 1.82) is 0 Å². The second-order valence-electron chi connectivity index (χ2n) is 8.47. The van der Waals surface area contributed by atoms with Crippen LogP contribution in [0.3, 0.4) is 0 Å². The lowest BCUT2D eigenvalue weighted by Crippen LogP contribution is -2.47. The van der Waals surface area contributed by atoms with Gasteiger partial charge in [-0.3, -0.25) is 0 Å². The van der Waals surface area contributed by atoms with E-state index in [2.05, 4.69) is 23.2 Å². The Labute approximate surface area is 186 Å². The number of nitrogens with one attached hydrogen (secondary N) is 1. The summed E-state index contributed by atoms with van der Waals surface area (Å²) in [6, 6.07) is 6.07. The van der Waals surface area contributed by atoms with Crippen molar-refractivity contribution < 1.29 is 18.9 Å². The van der Waals surface area contributed by atoms with E-state index in [9.17, 15) is 0 Å². The van der Waals surface area contributed by atoms with Gasteiger partial charge in [0.2, 0.25) is 0 Å². The van der Waals surface area contributed by atoms with Crippen LogP contribution in [0, 0.1) is 0 Å². The molecule has 2 saturated heterocycles. The average molecular weight is 432 g/mol. The number of likely N-dealkylation sites (tertiary alicyclic amines) is 1. The third-order valence-electron chi connectivity index (χ3n) is 6.12. The van der Waals surface area contributed by atoms with Crippen LogP contribution in [-0.4, -0.2) is 69.1 Å². The number of piperidine rings is 1. The first kappa shape index (κ1) is 22.2. The molecule has 7 nitrogen and oxygen atoms in total. The molecule has 3 aliphatic heterocycles. The molecule has 1 N–H and O–H groups in total. The van der Waals surface area contributed by atoms with Crippen LogP contribution < -0.4 is 14.8 Å². The lowest BCUT2D eigenvalue weighted by molar-refractivity contribution is -0.0721. The molecule has 0 radical (unpaired) electrons. The molecule has 7 heteroatoms. The van der Waals surface area contributed by atoms with Gasteiger partial charge in [-0.25, -0.2) is 4.99 Å². The highest BCUT2D eigenvalue weighted by atomic mass is 16.5. The Morgan fingerprint density at radius 2 is 1.97 bits per heavy atom. The topological polar surface area (TPSA) is 64.6 Å². The fraction of sp³-hybridized carbons (Fsp3) is 0.708. The SMILES string of the molecule is CCNC(=NCc1cccc2c1OCCCO2)N1CCC(OCC2CCCCO2)CC1. The third kappa shape index (κ3) is 6.26. The zero-order valence-electron chi connectivity index (χ0n) is 18.8. The lowest BCUT2D eigenvalue weighted by Gasteiger charge is -2.35. The van der Waals surface area contributed by atoms with Crippen LogP contribution >= 0.6 is 0 Å². The standard InChI is InChI=1S/C24H37N3O4/c1-2-25-24(26-17-19-7-5-9-22-23(19)30-16-6-15-29-22)27-12-10-20(11-13-27)31-18-21-8-3-4-14-28-21/h5,7,9,20-21H,2-4,6,8,10-18H2,1H3,(H,25,26). The Morgan fingerprint density at radius 1 is 1.10 bits per heavy atom. The normalized spacial score (nSPS) is 22.8. The zero-order chi connectivity index (χ0) is 21.3. The molecule has 172 valence electrons. The lowest BCUT2D eigenvalue weighted by atomic mass is 10.1. The van der Waals surface area contributed by atoms with Crippen LogP contribution in [0.15, 0.2) is 23.2 Å². The van der Waals surface area contributed by atoms with E-state index < -0.39 is 0 Å². The van der Waals surface area contributed by atoms with Gasteiger partial charge in [0.1, 0.15) is 0 Å². The van der Waals surface area contributed by atoms with Gasteiger partial charge >= 0.3 is 0 Å². The first-order valence-electron chi connectivity index (χ1n) is 12.0. The Kier molecular flexibility index (Phi) is 8.30. The maximum Gasteiger partial charge on any atom is 0.194 e. The third-order valence-corrected chi connectivity index (χ3v) is 6.12. The summed E-state index contributed by atoms with van der Waals surface area (Å²) in [4.78, 5) is 7.27. The minimum absolute atomic E-state index is 0.290. The van der Waals surface area contributed by atoms with E-state index in [0.717, 1.165) is 81.6 Å². The van der Waals surface area contributed by atoms with Gasteiger partial charge in [0, 0.05) is 38.2 Å². The zero-order valence-corrected chi connectivity index (χ0v) is 18.8. The van der Waals surface area contributed by atoms with Gasteiger partial charge in [-0.15, -0.1) is 0 Å². The number of guanidine groups is 1. The number of benzene rings is 1.